The number of hydrogen-bond acceptors (Lipinski definition) is 4. The normalized spacial score (nSPS) is 15.0. The Bertz CT molecular complexity index is 954. The van der Waals surface area contributed by atoms with Crippen molar-refractivity contribution in [1.82, 2.24) is 9.21 Å². The monoisotopic (exact) mass is 456 g/mol. The first-order chi connectivity index (χ1) is 13.8. The van der Waals surface area contributed by atoms with Gasteiger partial charge in [0.15, 0.2) is 0 Å². The third kappa shape index (κ3) is 5.29. The molecule has 0 aliphatic carbocycles. The van der Waals surface area contributed by atoms with Crippen molar-refractivity contribution in [3.8, 4) is 0 Å². The van der Waals surface area contributed by atoms with E-state index < -0.39 is 10.0 Å². The number of hydrogen-bond donors (Lipinski definition) is 0. The van der Waals surface area contributed by atoms with Gasteiger partial charge in [-0.1, -0.05) is 47.0 Å². The summed E-state index contributed by atoms with van der Waals surface area (Å²) in [6, 6.07) is 11.5. The Morgan fingerprint density at radius 2 is 1.66 bits per heavy atom. The number of sulfonamides is 1. The molecule has 0 N–H and O–H groups in total. The van der Waals surface area contributed by atoms with Crippen LogP contribution in [0.25, 0.3) is 0 Å². The summed E-state index contributed by atoms with van der Waals surface area (Å²) < 4.78 is 33.1. The van der Waals surface area contributed by atoms with E-state index in [2.05, 4.69) is 0 Å². The van der Waals surface area contributed by atoms with Crippen LogP contribution in [-0.2, 0) is 26.1 Å². The van der Waals surface area contributed by atoms with E-state index in [0.717, 1.165) is 9.87 Å². The molecular weight excluding hydrogens is 435 g/mol. The predicted molar refractivity (Wildman–Crippen MR) is 113 cm³/mol. The maximum absolute atomic E-state index is 13.3. The number of halogens is 2. The van der Waals surface area contributed by atoms with Gasteiger partial charge in [-0.3, -0.25) is 4.79 Å². The van der Waals surface area contributed by atoms with E-state index in [4.69, 9.17) is 27.9 Å². The van der Waals surface area contributed by atoms with Crippen LogP contribution in [0.2, 0.25) is 10.0 Å². The van der Waals surface area contributed by atoms with E-state index in [1.165, 1.54) is 12.1 Å². The minimum absolute atomic E-state index is 0.106. The minimum Gasteiger partial charge on any atom is -0.378 e. The summed E-state index contributed by atoms with van der Waals surface area (Å²) in [6.07, 6.45) is 0. The summed E-state index contributed by atoms with van der Waals surface area (Å²) in [5, 5.41) is 0.695. The van der Waals surface area contributed by atoms with Gasteiger partial charge in [-0.15, -0.1) is 0 Å². The van der Waals surface area contributed by atoms with Crippen molar-refractivity contribution in [2.75, 3.05) is 32.8 Å². The van der Waals surface area contributed by atoms with Crippen LogP contribution in [0.3, 0.4) is 0 Å². The Morgan fingerprint density at radius 3 is 2.24 bits per heavy atom. The van der Waals surface area contributed by atoms with Crippen LogP contribution in [0.5, 0.6) is 0 Å². The van der Waals surface area contributed by atoms with Crippen LogP contribution < -0.4 is 0 Å². The fraction of sp³-hybridized carbons (Fsp3) is 0.350. The van der Waals surface area contributed by atoms with Crippen LogP contribution in [0.4, 0.5) is 0 Å². The summed E-state index contributed by atoms with van der Waals surface area (Å²) in [7, 11) is -3.95. The molecule has 3 rings (SSSR count). The van der Waals surface area contributed by atoms with E-state index in [1.807, 2.05) is 6.92 Å². The number of amides is 1. The standard InChI is InChI=1S/C20H22Cl2N2O4S/c1-15-5-7-16(8-6-15)29(26,27)24(13-17-18(21)3-2-4-19(17)22)14-20(25)23-9-11-28-12-10-23/h2-8H,9-14H2,1H3. The Labute approximate surface area is 181 Å². The highest BCUT2D eigenvalue weighted by Crippen LogP contribution is 2.28. The van der Waals surface area contributed by atoms with Crippen LogP contribution >= 0.6 is 23.2 Å². The number of nitrogens with zero attached hydrogens (tertiary/aromatic N) is 2. The molecular formula is C20H22Cl2N2O4S. The number of ether oxygens (including phenoxy) is 1. The first-order valence-corrected chi connectivity index (χ1v) is 11.3. The Balaban J connectivity index is 1.94. The zero-order valence-electron chi connectivity index (χ0n) is 16.0. The van der Waals surface area contributed by atoms with Crippen molar-refractivity contribution < 1.29 is 17.9 Å². The highest BCUT2D eigenvalue weighted by Gasteiger charge is 2.30. The molecule has 0 spiro atoms. The molecule has 1 aliphatic rings. The quantitative estimate of drug-likeness (QED) is 0.668. The molecule has 156 valence electrons. The first-order valence-electron chi connectivity index (χ1n) is 9.14. The van der Waals surface area contributed by atoms with Crippen molar-refractivity contribution in [3.63, 3.8) is 0 Å². The third-order valence-corrected chi connectivity index (χ3v) is 7.24. The molecule has 0 unspecified atom stereocenters. The van der Waals surface area contributed by atoms with Gasteiger partial charge in [-0.25, -0.2) is 8.42 Å². The number of carbonyl (C=O) groups excluding carboxylic acids is 1. The third-order valence-electron chi connectivity index (χ3n) is 4.73. The molecule has 1 aliphatic heterocycles. The lowest BCUT2D eigenvalue weighted by atomic mass is 10.2. The molecule has 6 nitrogen and oxygen atoms in total. The predicted octanol–water partition coefficient (Wildman–Crippen LogP) is 3.35. The van der Waals surface area contributed by atoms with Crippen molar-refractivity contribution in [2.45, 2.75) is 18.4 Å². The van der Waals surface area contributed by atoms with Gasteiger partial charge in [0.1, 0.15) is 0 Å². The molecule has 0 aromatic heterocycles. The second kappa shape index (κ2) is 9.45. The maximum atomic E-state index is 13.3. The van der Waals surface area contributed by atoms with E-state index in [9.17, 15) is 13.2 Å². The zero-order chi connectivity index (χ0) is 21.0. The lowest BCUT2D eigenvalue weighted by Crippen LogP contribution is -2.46. The number of carbonyl (C=O) groups is 1. The van der Waals surface area contributed by atoms with Crippen LogP contribution in [0.1, 0.15) is 11.1 Å². The molecule has 2 aromatic carbocycles. The van der Waals surface area contributed by atoms with Crippen LogP contribution in [0.15, 0.2) is 47.4 Å². The van der Waals surface area contributed by atoms with Crippen molar-refractivity contribution in [1.29, 1.82) is 0 Å². The first kappa shape index (κ1) is 22.1. The Kier molecular flexibility index (Phi) is 7.19. The van der Waals surface area contributed by atoms with Gasteiger partial charge in [0.05, 0.1) is 24.7 Å². The summed E-state index contributed by atoms with van der Waals surface area (Å²) in [5.74, 6) is -0.285. The fourth-order valence-corrected chi connectivity index (χ4v) is 4.88. The SMILES string of the molecule is Cc1ccc(S(=O)(=O)N(CC(=O)N2CCOCC2)Cc2c(Cl)cccc2Cl)cc1. The van der Waals surface area contributed by atoms with Gasteiger partial charge in [0.25, 0.3) is 0 Å². The van der Waals surface area contributed by atoms with Crippen molar-refractivity contribution in [2.24, 2.45) is 0 Å². The topological polar surface area (TPSA) is 66.9 Å². The number of rotatable bonds is 6. The molecule has 0 atom stereocenters. The Morgan fingerprint density at radius 1 is 1.07 bits per heavy atom. The molecule has 0 saturated carbocycles. The summed E-state index contributed by atoms with van der Waals surface area (Å²) in [5.41, 5.74) is 1.40. The number of morpholine rings is 1. The van der Waals surface area contributed by atoms with Crippen molar-refractivity contribution in [3.05, 3.63) is 63.6 Å². The molecule has 9 heteroatoms. The molecule has 1 amide bonds. The van der Waals surface area contributed by atoms with Gasteiger partial charge < -0.3 is 9.64 Å². The summed E-state index contributed by atoms with van der Waals surface area (Å²) in [4.78, 5) is 14.5. The van der Waals surface area contributed by atoms with Gasteiger partial charge in [0, 0.05) is 35.2 Å². The van der Waals surface area contributed by atoms with Gasteiger partial charge in [-0.2, -0.15) is 4.31 Å². The van der Waals surface area contributed by atoms with Crippen LogP contribution in [0, 0.1) is 6.92 Å². The largest absolute Gasteiger partial charge is 0.378 e. The second-order valence-electron chi connectivity index (χ2n) is 6.78. The van der Waals surface area contributed by atoms with Crippen molar-refractivity contribution >= 4 is 39.1 Å². The highest BCUT2D eigenvalue weighted by molar-refractivity contribution is 7.89. The number of benzene rings is 2. The number of aryl methyl sites for hydroxylation is 1. The van der Waals surface area contributed by atoms with E-state index in [-0.39, 0.29) is 23.9 Å². The average Bonchev–Trinajstić information content (AvgIpc) is 2.70. The molecule has 1 heterocycles. The minimum atomic E-state index is -3.95. The lowest BCUT2D eigenvalue weighted by molar-refractivity contribution is -0.135. The summed E-state index contributed by atoms with van der Waals surface area (Å²) >= 11 is 12.5. The van der Waals surface area contributed by atoms with Gasteiger partial charge in [0.2, 0.25) is 15.9 Å². The van der Waals surface area contributed by atoms with E-state index in [0.29, 0.717) is 41.9 Å². The zero-order valence-corrected chi connectivity index (χ0v) is 18.3. The molecule has 1 saturated heterocycles. The highest BCUT2D eigenvalue weighted by atomic mass is 35.5. The van der Waals surface area contributed by atoms with Gasteiger partial charge in [-0.05, 0) is 31.2 Å². The molecule has 0 radical (unpaired) electrons. The van der Waals surface area contributed by atoms with Crippen LogP contribution in [-0.4, -0.2) is 56.4 Å². The molecule has 2 aromatic rings. The molecule has 0 bridgehead atoms. The van der Waals surface area contributed by atoms with E-state index in [1.54, 1.807) is 35.2 Å². The lowest BCUT2D eigenvalue weighted by Gasteiger charge is -2.30. The second-order valence-corrected chi connectivity index (χ2v) is 9.53. The Hall–Kier alpha value is -1.64. The molecule has 1 fully saturated rings. The fourth-order valence-electron chi connectivity index (χ4n) is 3.01. The maximum Gasteiger partial charge on any atom is 0.243 e. The van der Waals surface area contributed by atoms with Gasteiger partial charge >= 0.3 is 0 Å². The molecule has 29 heavy (non-hydrogen) atoms. The average molecular weight is 457 g/mol. The smallest absolute Gasteiger partial charge is 0.243 e. The summed E-state index contributed by atoms with van der Waals surface area (Å²) in [6.45, 7) is 3.20. The van der Waals surface area contributed by atoms with E-state index >= 15 is 0 Å².